The van der Waals surface area contributed by atoms with Crippen LogP contribution >= 0.6 is 15.9 Å². The zero-order valence-corrected chi connectivity index (χ0v) is 10.9. The maximum absolute atomic E-state index is 11.7. The molecule has 0 spiro atoms. The van der Waals surface area contributed by atoms with Crippen LogP contribution < -0.4 is 4.72 Å². The van der Waals surface area contributed by atoms with Gasteiger partial charge in [0, 0.05) is 0 Å². The smallest absolute Gasteiger partial charge is 0.250 e. The van der Waals surface area contributed by atoms with Gasteiger partial charge in [0.15, 0.2) is 5.25 Å². The summed E-state index contributed by atoms with van der Waals surface area (Å²) < 4.78 is 26.2. The Hall–Kier alpha value is -1.13. The molecule has 1 rings (SSSR count). The Labute approximate surface area is 103 Å². The minimum absolute atomic E-state index is 0.197. The molecule has 0 saturated carbocycles. The van der Waals surface area contributed by atoms with Crippen LogP contribution in [0.5, 0.6) is 0 Å². The van der Waals surface area contributed by atoms with Crippen LogP contribution in [0.2, 0.25) is 0 Å². The number of hydrogen-bond acceptors (Lipinski definition) is 4. The highest BCUT2D eigenvalue weighted by molar-refractivity contribution is 9.10. The lowest BCUT2D eigenvalue weighted by Crippen LogP contribution is -2.26. The van der Waals surface area contributed by atoms with Gasteiger partial charge >= 0.3 is 0 Å². The van der Waals surface area contributed by atoms with Gasteiger partial charge in [0.05, 0.1) is 6.07 Å². The Kier molecular flexibility index (Phi) is 4.26. The van der Waals surface area contributed by atoms with E-state index in [1.807, 2.05) is 0 Å². The predicted molar refractivity (Wildman–Crippen MR) is 64.2 cm³/mol. The molecule has 0 radical (unpaired) electrons. The minimum atomic E-state index is -3.69. The summed E-state index contributed by atoms with van der Waals surface area (Å²) in [5.41, 5.74) is 0. The van der Waals surface area contributed by atoms with E-state index in [-0.39, 0.29) is 12.2 Å². The quantitative estimate of drug-likeness (QED) is 0.861. The van der Waals surface area contributed by atoms with Gasteiger partial charge in [-0.15, -0.1) is 0 Å². The molecule has 86 valence electrons. The van der Waals surface area contributed by atoms with E-state index in [2.05, 4.69) is 25.6 Å². The van der Waals surface area contributed by atoms with Crippen LogP contribution in [0.1, 0.15) is 13.3 Å². The predicted octanol–water partition coefficient (Wildman–Crippen LogP) is 1.89. The maximum Gasteiger partial charge on any atom is 0.250 e. The largest absolute Gasteiger partial charge is 0.266 e. The molecule has 0 bridgehead atoms. The summed E-state index contributed by atoms with van der Waals surface area (Å²) in [7, 11) is -3.69. The fraction of sp³-hybridized carbons (Fsp3) is 0.333. The second-order valence-corrected chi connectivity index (χ2v) is 5.69. The van der Waals surface area contributed by atoms with Crippen molar-refractivity contribution >= 4 is 31.8 Å². The highest BCUT2D eigenvalue weighted by atomic mass is 79.9. The topological polar surface area (TPSA) is 82.8 Å². The summed E-state index contributed by atoms with van der Waals surface area (Å²) in [4.78, 5) is 3.93. The molecule has 0 aliphatic rings. The number of halogens is 1. The molecule has 5 nitrogen and oxygen atoms in total. The summed E-state index contributed by atoms with van der Waals surface area (Å²) in [5.74, 6) is 0.197. The maximum atomic E-state index is 11.7. The van der Waals surface area contributed by atoms with E-state index in [0.717, 1.165) is 0 Å². The molecular weight excluding hydrogens is 294 g/mol. The van der Waals surface area contributed by atoms with Crippen molar-refractivity contribution < 1.29 is 8.42 Å². The van der Waals surface area contributed by atoms with Crippen molar-refractivity contribution in [3.63, 3.8) is 0 Å². The normalized spacial score (nSPS) is 12.8. The summed E-state index contributed by atoms with van der Waals surface area (Å²) in [6.07, 6.45) is 0.236. The van der Waals surface area contributed by atoms with E-state index in [0.29, 0.717) is 4.60 Å². The number of hydrogen-bond donors (Lipinski definition) is 1. The van der Waals surface area contributed by atoms with Crippen molar-refractivity contribution in [1.82, 2.24) is 4.98 Å². The Bertz CT molecular complexity index is 510. The minimum Gasteiger partial charge on any atom is -0.266 e. The molecular formula is C9H10BrN3O2S. The molecule has 0 aromatic carbocycles. The number of aromatic nitrogens is 1. The van der Waals surface area contributed by atoms with Gasteiger partial charge in [0.1, 0.15) is 10.4 Å². The van der Waals surface area contributed by atoms with E-state index in [1.54, 1.807) is 25.1 Å². The second kappa shape index (κ2) is 5.27. The first-order chi connectivity index (χ1) is 7.49. The van der Waals surface area contributed by atoms with Crippen LogP contribution in [0.3, 0.4) is 0 Å². The third-order valence-electron chi connectivity index (χ3n) is 1.85. The number of sulfonamides is 1. The van der Waals surface area contributed by atoms with Gasteiger partial charge in [-0.3, -0.25) is 4.72 Å². The van der Waals surface area contributed by atoms with E-state index in [1.165, 1.54) is 6.07 Å². The number of nitriles is 1. The zero-order chi connectivity index (χ0) is 12.2. The fourth-order valence-electron chi connectivity index (χ4n) is 1.06. The lowest BCUT2D eigenvalue weighted by Gasteiger charge is -2.10. The monoisotopic (exact) mass is 303 g/mol. The molecule has 1 aromatic heterocycles. The van der Waals surface area contributed by atoms with Crippen LogP contribution in [-0.4, -0.2) is 18.7 Å². The van der Waals surface area contributed by atoms with Gasteiger partial charge < -0.3 is 0 Å². The van der Waals surface area contributed by atoms with Gasteiger partial charge in [0.2, 0.25) is 10.0 Å². The molecule has 1 aromatic rings. The second-order valence-electron chi connectivity index (χ2n) is 3.02. The Morgan fingerprint density at radius 2 is 2.31 bits per heavy atom. The Morgan fingerprint density at radius 3 is 2.81 bits per heavy atom. The van der Waals surface area contributed by atoms with Gasteiger partial charge in [0.25, 0.3) is 0 Å². The van der Waals surface area contributed by atoms with Gasteiger partial charge in [-0.05, 0) is 34.5 Å². The van der Waals surface area contributed by atoms with E-state index in [9.17, 15) is 8.42 Å². The average molecular weight is 304 g/mol. The van der Waals surface area contributed by atoms with Crippen LogP contribution in [0.25, 0.3) is 0 Å². The first kappa shape index (κ1) is 12.9. The van der Waals surface area contributed by atoms with Crippen LogP contribution in [0.4, 0.5) is 5.82 Å². The van der Waals surface area contributed by atoms with E-state index in [4.69, 9.17) is 5.26 Å². The van der Waals surface area contributed by atoms with Crippen molar-refractivity contribution in [3.8, 4) is 6.07 Å². The summed E-state index contributed by atoms with van der Waals surface area (Å²) >= 11 is 3.13. The number of anilines is 1. The molecule has 0 aliphatic carbocycles. The molecule has 0 amide bonds. The van der Waals surface area contributed by atoms with Gasteiger partial charge in [-0.25, -0.2) is 13.4 Å². The standard InChI is InChI=1S/C9H10BrN3O2S/c1-2-7(6-11)16(14,15)13-9-5-3-4-8(10)12-9/h3-5,7H,2H2,1H3,(H,12,13). The summed E-state index contributed by atoms with van der Waals surface area (Å²) in [6.45, 7) is 1.64. The third kappa shape index (κ3) is 3.18. The molecule has 0 aliphatic heterocycles. The number of rotatable bonds is 4. The number of nitrogens with one attached hydrogen (secondary N) is 1. The zero-order valence-electron chi connectivity index (χ0n) is 8.51. The highest BCUT2D eigenvalue weighted by Crippen LogP contribution is 2.14. The SMILES string of the molecule is CCC(C#N)S(=O)(=O)Nc1cccc(Br)n1. The molecule has 0 fully saturated rings. The third-order valence-corrected chi connectivity index (χ3v) is 3.97. The average Bonchev–Trinajstić information content (AvgIpc) is 2.18. The number of nitrogens with zero attached hydrogens (tertiary/aromatic N) is 2. The first-order valence-corrected chi connectivity index (χ1v) is 6.87. The molecule has 1 heterocycles. The summed E-state index contributed by atoms with van der Waals surface area (Å²) in [6, 6.07) is 6.59. The van der Waals surface area contributed by atoms with Crippen molar-refractivity contribution in [2.24, 2.45) is 0 Å². The van der Waals surface area contributed by atoms with Crippen molar-refractivity contribution in [3.05, 3.63) is 22.8 Å². The van der Waals surface area contributed by atoms with Crippen LogP contribution in [-0.2, 0) is 10.0 Å². The first-order valence-electron chi connectivity index (χ1n) is 4.53. The van der Waals surface area contributed by atoms with E-state index < -0.39 is 15.3 Å². The lowest BCUT2D eigenvalue weighted by molar-refractivity contribution is 0.592. The Balaban J connectivity index is 2.94. The fourth-order valence-corrected chi connectivity index (χ4v) is 2.53. The molecule has 0 saturated heterocycles. The van der Waals surface area contributed by atoms with Crippen molar-refractivity contribution in [2.75, 3.05) is 4.72 Å². The molecule has 1 N–H and O–H groups in total. The molecule has 16 heavy (non-hydrogen) atoms. The highest BCUT2D eigenvalue weighted by Gasteiger charge is 2.23. The molecule has 1 unspecified atom stereocenters. The Morgan fingerprint density at radius 1 is 1.62 bits per heavy atom. The summed E-state index contributed by atoms with van der Waals surface area (Å²) in [5, 5.41) is 7.63. The van der Waals surface area contributed by atoms with Gasteiger partial charge in [-0.2, -0.15) is 5.26 Å². The van der Waals surface area contributed by atoms with Crippen LogP contribution in [0, 0.1) is 11.3 Å². The molecule has 7 heteroatoms. The van der Waals surface area contributed by atoms with E-state index >= 15 is 0 Å². The lowest BCUT2D eigenvalue weighted by atomic mass is 10.4. The van der Waals surface area contributed by atoms with Crippen molar-refractivity contribution in [2.45, 2.75) is 18.6 Å². The van der Waals surface area contributed by atoms with Gasteiger partial charge in [-0.1, -0.05) is 13.0 Å². The van der Waals surface area contributed by atoms with Crippen molar-refractivity contribution in [1.29, 1.82) is 5.26 Å². The van der Waals surface area contributed by atoms with Crippen LogP contribution in [0.15, 0.2) is 22.8 Å². The number of pyridine rings is 1. The molecule has 1 atom stereocenters.